The number of aliphatic hydroxyl groups is 1. The van der Waals surface area contributed by atoms with Gasteiger partial charge in [-0.05, 0) is 48.4 Å². The first kappa shape index (κ1) is 27.6. The highest BCUT2D eigenvalue weighted by Gasteiger charge is 2.48. The molecule has 206 valence electrons. The van der Waals surface area contributed by atoms with Gasteiger partial charge in [-0.25, -0.2) is 14.3 Å². The minimum Gasteiger partial charge on any atom is -0.393 e. The first-order chi connectivity index (χ1) is 17.7. The van der Waals surface area contributed by atoms with Gasteiger partial charge in [0.15, 0.2) is 5.79 Å². The molecular formula is C23H21F7N4O4. The van der Waals surface area contributed by atoms with Crippen molar-refractivity contribution in [2.45, 2.75) is 37.2 Å². The molecule has 2 heterocycles. The fourth-order valence-corrected chi connectivity index (χ4v) is 4.35. The van der Waals surface area contributed by atoms with E-state index >= 15 is 0 Å². The highest BCUT2D eigenvalue weighted by molar-refractivity contribution is 5.39. The molecule has 8 nitrogen and oxygen atoms in total. The molecule has 0 aliphatic carbocycles. The number of halogens is 7. The number of rotatable bonds is 6. The van der Waals surface area contributed by atoms with E-state index in [0.29, 0.717) is 17.7 Å². The number of hydrogen-bond acceptors (Lipinski definition) is 6. The lowest BCUT2D eigenvalue weighted by Gasteiger charge is -2.48. The monoisotopic (exact) mass is 550 g/mol. The summed E-state index contributed by atoms with van der Waals surface area (Å²) in [7, 11) is 0. The predicted molar refractivity (Wildman–Crippen MR) is 117 cm³/mol. The maximum atomic E-state index is 13.7. The van der Waals surface area contributed by atoms with Crippen molar-refractivity contribution in [1.82, 2.24) is 15.2 Å². The Balaban J connectivity index is 1.79. The van der Waals surface area contributed by atoms with E-state index in [9.17, 15) is 40.6 Å². The van der Waals surface area contributed by atoms with Crippen LogP contribution in [0.4, 0.5) is 36.7 Å². The van der Waals surface area contributed by atoms with E-state index < -0.39 is 65.1 Å². The molecule has 0 radical (unpaired) electrons. The Hall–Kier alpha value is -3.43. The van der Waals surface area contributed by atoms with Gasteiger partial charge in [-0.1, -0.05) is 12.1 Å². The number of H-pyrrole nitrogens is 2. The second-order valence-corrected chi connectivity index (χ2v) is 8.64. The van der Waals surface area contributed by atoms with Crippen LogP contribution in [0.1, 0.15) is 41.3 Å². The SMILES string of the molecule is C[C@]1(O[C@H](CO)c2cc(C(F)(F)F)cc(C(F)(F)F)c2)OCCN(c2n[nH]c(=O)[nH]2)[C@H]1c1ccc(F)cc1. The van der Waals surface area contributed by atoms with Crippen LogP contribution in [0.15, 0.2) is 47.3 Å². The van der Waals surface area contributed by atoms with Crippen LogP contribution in [0, 0.1) is 5.82 Å². The zero-order chi connectivity index (χ0) is 27.9. The third-order valence-corrected chi connectivity index (χ3v) is 6.00. The molecule has 3 N–H and O–H groups in total. The van der Waals surface area contributed by atoms with E-state index in [2.05, 4.69) is 15.2 Å². The van der Waals surface area contributed by atoms with E-state index in [1.165, 1.54) is 24.0 Å². The topological polar surface area (TPSA) is 103 Å². The van der Waals surface area contributed by atoms with E-state index in [1.807, 2.05) is 0 Å². The molecular weight excluding hydrogens is 529 g/mol. The number of aromatic amines is 2. The van der Waals surface area contributed by atoms with Crippen molar-refractivity contribution >= 4 is 5.95 Å². The summed E-state index contributed by atoms with van der Waals surface area (Å²) >= 11 is 0. The van der Waals surface area contributed by atoms with Crippen molar-refractivity contribution in [3.05, 3.63) is 81.0 Å². The molecule has 1 aromatic heterocycles. The molecule has 3 atom stereocenters. The van der Waals surface area contributed by atoms with Gasteiger partial charge in [0, 0.05) is 6.54 Å². The lowest BCUT2D eigenvalue weighted by molar-refractivity contribution is -0.278. The van der Waals surface area contributed by atoms with E-state index in [4.69, 9.17) is 9.47 Å². The van der Waals surface area contributed by atoms with Crippen LogP contribution in [0.25, 0.3) is 0 Å². The fraction of sp³-hybridized carbons (Fsp3) is 0.391. The maximum Gasteiger partial charge on any atom is 0.416 e. The Labute approximate surface area is 210 Å². The highest BCUT2D eigenvalue weighted by Crippen LogP contribution is 2.44. The van der Waals surface area contributed by atoms with Gasteiger partial charge in [0.25, 0.3) is 0 Å². The number of nitrogens with zero attached hydrogens (tertiary/aromatic N) is 2. The molecule has 0 bridgehead atoms. The molecule has 15 heteroatoms. The molecule has 0 unspecified atom stereocenters. The second-order valence-electron chi connectivity index (χ2n) is 8.64. The summed E-state index contributed by atoms with van der Waals surface area (Å²) in [6, 6.07) is 4.83. The maximum absolute atomic E-state index is 13.7. The second kappa shape index (κ2) is 10.0. The van der Waals surface area contributed by atoms with Crippen molar-refractivity contribution in [2.75, 3.05) is 24.7 Å². The number of aromatic nitrogens is 3. The Morgan fingerprint density at radius 1 is 1.13 bits per heavy atom. The normalized spacial score (nSPS) is 21.5. The molecule has 0 spiro atoms. The molecule has 1 fully saturated rings. The average Bonchev–Trinajstić information content (AvgIpc) is 3.28. The number of alkyl halides is 6. The number of nitrogens with one attached hydrogen (secondary N) is 2. The van der Waals surface area contributed by atoms with Crippen LogP contribution >= 0.6 is 0 Å². The van der Waals surface area contributed by atoms with Crippen LogP contribution in [0.2, 0.25) is 0 Å². The predicted octanol–water partition coefficient (Wildman–Crippen LogP) is 4.32. The van der Waals surface area contributed by atoms with Gasteiger partial charge in [0.2, 0.25) is 5.95 Å². The Bertz CT molecular complexity index is 1290. The minimum absolute atomic E-state index is 0.0291. The van der Waals surface area contributed by atoms with Gasteiger partial charge >= 0.3 is 18.0 Å². The molecule has 1 saturated heterocycles. The first-order valence-electron chi connectivity index (χ1n) is 11.1. The molecule has 3 aromatic rings. The lowest BCUT2D eigenvalue weighted by atomic mass is 9.95. The minimum atomic E-state index is -5.11. The average molecular weight is 550 g/mol. The van der Waals surface area contributed by atoms with Crippen LogP contribution < -0.4 is 10.6 Å². The Morgan fingerprint density at radius 2 is 1.74 bits per heavy atom. The summed E-state index contributed by atoms with van der Waals surface area (Å²) in [5.41, 5.74) is -4.05. The van der Waals surface area contributed by atoms with Crippen LogP contribution in [0.5, 0.6) is 0 Å². The van der Waals surface area contributed by atoms with Crippen molar-refractivity contribution in [3.8, 4) is 0 Å². The number of hydrogen-bond donors (Lipinski definition) is 3. The molecule has 1 aliphatic rings. The standard InChI is InChI=1S/C23H21F7N4O4/c1-21(38-17(11-35)13-8-14(22(25,26)27)10-15(9-13)23(28,29)30)18(12-2-4-16(24)5-3-12)34(6-7-37-21)19-31-20(36)33-32-19/h2-5,8-10,17-18,35H,6-7,11H2,1H3,(H2,31,32,33,36)/t17-,18+,21-/m1/s1. The van der Waals surface area contributed by atoms with Crippen molar-refractivity contribution in [1.29, 1.82) is 0 Å². The number of benzene rings is 2. The summed E-state index contributed by atoms with van der Waals surface area (Å²) < 4.78 is 106. The summed E-state index contributed by atoms with van der Waals surface area (Å²) in [4.78, 5) is 15.7. The van der Waals surface area contributed by atoms with Crippen LogP contribution in [-0.2, 0) is 21.8 Å². The van der Waals surface area contributed by atoms with Crippen LogP contribution in [0.3, 0.4) is 0 Å². The first-order valence-corrected chi connectivity index (χ1v) is 11.1. The van der Waals surface area contributed by atoms with Gasteiger partial charge in [0.1, 0.15) is 18.0 Å². The van der Waals surface area contributed by atoms with Crippen LogP contribution in [-0.4, -0.2) is 45.8 Å². The smallest absolute Gasteiger partial charge is 0.393 e. The van der Waals surface area contributed by atoms with Gasteiger partial charge < -0.3 is 19.5 Å². The lowest BCUT2D eigenvalue weighted by Crippen LogP contribution is -2.55. The zero-order valence-corrected chi connectivity index (χ0v) is 19.5. The van der Waals surface area contributed by atoms with Gasteiger partial charge in [-0.2, -0.15) is 26.3 Å². The highest BCUT2D eigenvalue weighted by atomic mass is 19.4. The number of anilines is 1. The third-order valence-electron chi connectivity index (χ3n) is 6.00. The summed E-state index contributed by atoms with van der Waals surface area (Å²) in [5, 5.41) is 16.1. The van der Waals surface area contributed by atoms with Crippen molar-refractivity contribution in [2.24, 2.45) is 0 Å². The largest absolute Gasteiger partial charge is 0.416 e. The molecule has 0 saturated carbocycles. The van der Waals surface area contributed by atoms with Crippen molar-refractivity contribution in [3.63, 3.8) is 0 Å². The zero-order valence-electron chi connectivity index (χ0n) is 19.5. The Kier molecular flexibility index (Phi) is 7.29. The molecule has 2 aromatic carbocycles. The number of ether oxygens (including phenoxy) is 2. The molecule has 0 amide bonds. The van der Waals surface area contributed by atoms with E-state index in [-0.39, 0.29) is 25.2 Å². The summed E-state index contributed by atoms with van der Waals surface area (Å²) in [6.45, 7) is 0.400. The number of aliphatic hydroxyl groups excluding tert-OH is 1. The van der Waals surface area contributed by atoms with Gasteiger partial charge in [0.05, 0.1) is 24.3 Å². The quantitative estimate of drug-likeness (QED) is 0.395. The summed E-state index contributed by atoms with van der Waals surface area (Å²) in [5.74, 6) is -2.39. The fourth-order valence-electron chi connectivity index (χ4n) is 4.35. The van der Waals surface area contributed by atoms with Gasteiger partial charge in [-0.15, -0.1) is 5.10 Å². The van der Waals surface area contributed by atoms with Gasteiger partial charge in [-0.3, -0.25) is 4.98 Å². The molecule has 1 aliphatic heterocycles. The Morgan fingerprint density at radius 3 is 2.24 bits per heavy atom. The molecule has 4 rings (SSSR count). The van der Waals surface area contributed by atoms with E-state index in [0.717, 1.165) is 12.1 Å². The van der Waals surface area contributed by atoms with Crippen molar-refractivity contribution < 1.29 is 45.3 Å². The number of morpholine rings is 1. The molecule has 38 heavy (non-hydrogen) atoms. The summed E-state index contributed by atoms with van der Waals surface area (Å²) in [6.07, 6.45) is -11.9. The van der Waals surface area contributed by atoms with E-state index in [1.54, 1.807) is 0 Å². The third kappa shape index (κ3) is 5.68.